The van der Waals surface area contributed by atoms with E-state index in [0.29, 0.717) is 13.0 Å². The maximum Gasteiger partial charge on any atom is 0.224 e. The Hall–Kier alpha value is -1.49. The molecule has 3 nitrogen and oxygen atoms in total. The largest absolute Gasteiger partial charge is 0.396 e. The lowest BCUT2D eigenvalue weighted by atomic mass is 10.1. The minimum atomic E-state index is -0.703. The van der Waals surface area contributed by atoms with Crippen molar-refractivity contribution in [1.29, 1.82) is 0 Å². The number of carbonyl (C=O) groups excluding carboxylic acids is 1. The molecule has 0 saturated carbocycles. The molecule has 0 spiro atoms. The van der Waals surface area contributed by atoms with E-state index in [1.165, 1.54) is 6.07 Å². The lowest BCUT2D eigenvalue weighted by Crippen LogP contribution is -2.26. The summed E-state index contributed by atoms with van der Waals surface area (Å²) >= 11 is 0. The third-order valence-electron chi connectivity index (χ3n) is 2.52. The molecular formula is C13H17F2NO2. The van der Waals surface area contributed by atoms with Crippen LogP contribution in [0.25, 0.3) is 0 Å². The van der Waals surface area contributed by atoms with Crippen molar-refractivity contribution in [3.8, 4) is 0 Å². The van der Waals surface area contributed by atoms with Gasteiger partial charge in [0, 0.05) is 19.2 Å². The summed E-state index contributed by atoms with van der Waals surface area (Å²) in [5.41, 5.74) is 0.184. The summed E-state index contributed by atoms with van der Waals surface area (Å²) in [4.78, 5) is 11.5. The van der Waals surface area contributed by atoms with Crippen molar-refractivity contribution >= 4 is 5.91 Å². The van der Waals surface area contributed by atoms with Gasteiger partial charge < -0.3 is 10.4 Å². The first-order chi connectivity index (χ1) is 8.63. The van der Waals surface area contributed by atoms with Gasteiger partial charge in [0.15, 0.2) is 0 Å². The van der Waals surface area contributed by atoms with E-state index in [0.717, 1.165) is 25.0 Å². The molecule has 0 unspecified atom stereocenters. The van der Waals surface area contributed by atoms with Gasteiger partial charge in [0.25, 0.3) is 0 Å². The van der Waals surface area contributed by atoms with Gasteiger partial charge in [0.2, 0.25) is 5.91 Å². The quantitative estimate of drug-likeness (QED) is 0.732. The number of unbranched alkanes of at least 4 members (excludes halogenated alkanes) is 2. The Morgan fingerprint density at radius 3 is 2.67 bits per heavy atom. The van der Waals surface area contributed by atoms with Crippen molar-refractivity contribution in [2.45, 2.75) is 25.7 Å². The number of rotatable bonds is 7. The van der Waals surface area contributed by atoms with Crippen LogP contribution in [0.4, 0.5) is 8.78 Å². The molecule has 1 amide bonds. The summed E-state index contributed by atoms with van der Waals surface area (Å²) in [6.45, 7) is 0.649. The number of nitrogens with one attached hydrogen (secondary N) is 1. The Labute approximate surface area is 105 Å². The molecule has 5 heteroatoms. The van der Waals surface area contributed by atoms with Gasteiger partial charge in [-0.25, -0.2) is 8.78 Å². The van der Waals surface area contributed by atoms with Gasteiger partial charge in [-0.3, -0.25) is 4.79 Å². The van der Waals surface area contributed by atoms with Crippen LogP contribution in [-0.2, 0) is 11.2 Å². The van der Waals surface area contributed by atoms with Crippen LogP contribution >= 0.6 is 0 Å². The predicted octanol–water partition coefficient (Wildman–Crippen LogP) is 1.79. The molecule has 0 aliphatic rings. The van der Waals surface area contributed by atoms with E-state index in [2.05, 4.69) is 5.32 Å². The van der Waals surface area contributed by atoms with Crippen molar-refractivity contribution in [2.24, 2.45) is 0 Å². The summed E-state index contributed by atoms with van der Waals surface area (Å²) in [7, 11) is 0. The predicted molar refractivity (Wildman–Crippen MR) is 64.0 cm³/mol. The van der Waals surface area contributed by atoms with Crippen LogP contribution in [-0.4, -0.2) is 24.2 Å². The van der Waals surface area contributed by atoms with E-state index in [1.54, 1.807) is 0 Å². The highest BCUT2D eigenvalue weighted by Gasteiger charge is 2.08. The fourth-order valence-electron chi connectivity index (χ4n) is 1.54. The number of carbonyl (C=O) groups is 1. The summed E-state index contributed by atoms with van der Waals surface area (Å²) in [6, 6.07) is 3.17. The normalized spacial score (nSPS) is 10.4. The summed E-state index contributed by atoms with van der Waals surface area (Å²) < 4.78 is 25.9. The number of benzene rings is 1. The van der Waals surface area contributed by atoms with Gasteiger partial charge in [-0.15, -0.1) is 0 Å². The van der Waals surface area contributed by atoms with E-state index in [1.807, 2.05) is 0 Å². The van der Waals surface area contributed by atoms with Gasteiger partial charge in [0.05, 0.1) is 6.42 Å². The zero-order valence-electron chi connectivity index (χ0n) is 10.1. The van der Waals surface area contributed by atoms with Crippen molar-refractivity contribution in [3.05, 3.63) is 35.4 Å². The maximum atomic E-state index is 13.3. The lowest BCUT2D eigenvalue weighted by molar-refractivity contribution is -0.120. The summed E-state index contributed by atoms with van der Waals surface area (Å²) in [5.74, 6) is -1.64. The monoisotopic (exact) mass is 257 g/mol. The SMILES string of the molecule is O=C(Cc1ccc(F)cc1F)NCCCCCO. The van der Waals surface area contributed by atoms with Gasteiger partial charge in [-0.2, -0.15) is 0 Å². The highest BCUT2D eigenvalue weighted by atomic mass is 19.1. The Kier molecular flexibility index (Phi) is 6.28. The Morgan fingerprint density at radius 1 is 1.22 bits per heavy atom. The molecule has 18 heavy (non-hydrogen) atoms. The second kappa shape index (κ2) is 7.76. The minimum Gasteiger partial charge on any atom is -0.396 e. The Morgan fingerprint density at radius 2 is 2.00 bits per heavy atom. The zero-order chi connectivity index (χ0) is 13.4. The standard InChI is InChI=1S/C13H17F2NO2/c14-11-5-4-10(12(15)9-11)8-13(18)16-6-2-1-3-7-17/h4-5,9,17H,1-3,6-8H2,(H,16,18). The van der Waals surface area contributed by atoms with E-state index < -0.39 is 11.6 Å². The molecule has 1 aromatic rings. The van der Waals surface area contributed by atoms with Crippen LogP contribution in [0.2, 0.25) is 0 Å². The van der Waals surface area contributed by atoms with E-state index >= 15 is 0 Å². The minimum absolute atomic E-state index is 0.0912. The number of amides is 1. The third kappa shape index (κ3) is 5.23. The number of hydrogen-bond donors (Lipinski definition) is 2. The number of aliphatic hydroxyl groups is 1. The smallest absolute Gasteiger partial charge is 0.224 e. The molecule has 0 aliphatic carbocycles. The van der Waals surface area contributed by atoms with Crippen LogP contribution in [0.3, 0.4) is 0 Å². The lowest BCUT2D eigenvalue weighted by Gasteiger charge is -2.06. The molecule has 0 atom stereocenters. The van der Waals surface area contributed by atoms with Crippen LogP contribution < -0.4 is 5.32 Å². The van der Waals surface area contributed by atoms with E-state index in [-0.39, 0.29) is 24.5 Å². The van der Waals surface area contributed by atoms with Crippen LogP contribution in [0.15, 0.2) is 18.2 Å². The molecule has 0 fully saturated rings. The van der Waals surface area contributed by atoms with Crippen molar-refractivity contribution in [3.63, 3.8) is 0 Å². The van der Waals surface area contributed by atoms with Gasteiger partial charge >= 0.3 is 0 Å². The molecule has 0 aromatic heterocycles. The van der Waals surface area contributed by atoms with Crippen LogP contribution in [0.5, 0.6) is 0 Å². The summed E-state index contributed by atoms with van der Waals surface area (Å²) in [6.07, 6.45) is 2.23. The average molecular weight is 257 g/mol. The Balaban J connectivity index is 2.31. The fraction of sp³-hybridized carbons (Fsp3) is 0.462. The molecule has 2 N–H and O–H groups in total. The second-order valence-corrected chi connectivity index (χ2v) is 4.05. The second-order valence-electron chi connectivity index (χ2n) is 4.05. The topological polar surface area (TPSA) is 49.3 Å². The highest BCUT2D eigenvalue weighted by molar-refractivity contribution is 5.78. The van der Waals surface area contributed by atoms with Crippen molar-refractivity contribution in [2.75, 3.05) is 13.2 Å². The number of halogens is 2. The highest BCUT2D eigenvalue weighted by Crippen LogP contribution is 2.10. The molecule has 1 rings (SSSR count). The fourth-order valence-corrected chi connectivity index (χ4v) is 1.54. The molecule has 0 aliphatic heterocycles. The van der Waals surface area contributed by atoms with Gasteiger partial charge in [-0.1, -0.05) is 6.07 Å². The van der Waals surface area contributed by atoms with Crippen LogP contribution in [0.1, 0.15) is 24.8 Å². The van der Waals surface area contributed by atoms with Crippen molar-refractivity contribution in [1.82, 2.24) is 5.32 Å². The number of aliphatic hydroxyl groups excluding tert-OH is 1. The molecule has 0 saturated heterocycles. The van der Waals surface area contributed by atoms with Crippen molar-refractivity contribution < 1.29 is 18.7 Å². The molecule has 100 valence electrons. The number of hydrogen-bond acceptors (Lipinski definition) is 2. The third-order valence-corrected chi connectivity index (χ3v) is 2.52. The first-order valence-electron chi connectivity index (χ1n) is 5.95. The molecule has 0 radical (unpaired) electrons. The van der Waals surface area contributed by atoms with E-state index in [9.17, 15) is 13.6 Å². The van der Waals surface area contributed by atoms with Gasteiger partial charge in [-0.05, 0) is 30.9 Å². The molecular weight excluding hydrogens is 240 g/mol. The zero-order valence-corrected chi connectivity index (χ0v) is 10.1. The molecule has 0 heterocycles. The first kappa shape index (κ1) is 14.6. The first-order valence-corrected chi connectivity index (χ1v) is 5.95. The Bertz CT molecular complexity index is 397. The average Bonchev–Trinajstić information content (AvgIpc) is 2.32. The van der Waals surface area contributed by atoms with E-state index in [4.69, 9.17) is 5.11 Å². The summed E-state index contributed by atoms with van der Waals surface area (Å²) in [5, 5.41) is 11.2. The molecule has 0 bridgehead atoms. The molecule has 1 aromatic carbocycles. The van der Waals surface area contributed by atoms with Gasteiger partial charge in [0.1, 0.15) is 11.6 Å². The van der Waals surface area contributed by atoms with Crippen LogP contribution in [0, 0.1) is 11.6 Å². The maximum absolute atomic E-state index is 13.3.